The third-order valence-electron chi connectivity index (χ3n) is 9.23. The van der Waals surface area contributed by atoms with E-state index in [1.54, 1.807) is 31.2 Å². The van der Waals surface area contributed by atoms with Crippen LogP contribution in [0.2, 0.25) is 0 Å². The van der Waals surface area contributed by atoms with Gasteiger partial charge in [-0.25, -0.2) is 9.59 Å². The Morgan fingerprint density at radius 1 is 0.912 bits per heavy atom. The lowest BCUT2D eigenvalue weighted by Crippen LogP contribution is -2.49. The molecule has 0 aliphatic heterocycles. The van der Waals surface area contributed by atoms with Gasteiger partial charge in [-0.15, -0.1) is 9.24 Å². The van der Waals surface area contributed by atoms with Gasteiger partial charge in [-0.3, -0.25) is 19.2 Å². The van der Waals surface area contributed by atoms with Gasteiger partial charge < -0.3 is 29.4 Å². The number of nitrogens with one attached hydrogen (secondary N) is 2. The van der Waals surface area contributed by atoms with Crippen molar-refractivity contribution in [1.29, 1.82) is 0 Å². The van der Waals surface area contributed by atoms with E-state index in [1.807, 2.05) is 57.2 Å². The number of esters is 1. The maximum atomic E-state index is 13.6. The van der Waals surface area contributed by atoms with Crippen LogP contribution >= 0.6 is 9.24 Å². The molecule has 3 atom stereocenters. The normalized spacial score (nSPS) is 11.9. The van der Waals surface area contributed by atoms with E-state index in [0.717, 1.165) is 34.3 Å². The molecule has 3 aromatic carbocycles. The van der Waals surface area contributed by atoms with E-state index in [2.05, 4.69) is 19.9 Å². The lowest BCUT2D eigenvalue weighted by Gasteiger charge is -2.32. The quantitative estimate of drug-likeness (QED) is 0.0223. The zero-order chi connectivity index (χ0) is 41.3. The molecule has 3 amide bonds. The summed E-state index contributed by atoms with van der Waals surface area (Å²) < 4.78 is 16.7. The Morgan fingerprint density at radius 3 is 2.37 bits per heavy atom. The van der Waals surface area contributed by atoms with Crippen molar-refractivity contribution in [2.45, 2.75) is 78.4 Å². The molecule has 4 rings (SSSR count). The molecule has 3 unspecified atom stereocenters. The minimum atomic E-state index is -0.769. The van der Waals surface area contributed by atoms with Crippen molar-refractivity contribution in [3.63, 3.8) is 0 Å². The lowest BCUT2D eigenvalue weighted by molar-refractivity contribution is -0.171. The Bertz CT molecular complexity index is 2000. The fourth-order valence-corrected chi connectivity index (χ4v) is 6.46. The third-order valence-corrected chi connectivity index (χ3v) is 9.59. The van der Waals surface area contributed by atoms with Gasteiger partial charge in [0, 0.05) is 5.56 Å². The molecule has 13 nitrogen and oxygen atoms in total. The summed E-state index contributed by atoms with van der Waals surface area (Å²) in [6, 6.07) is 21.3. The first-order valence-electron chi connectivity index (χ1n) is 18.9. The number of aldehydes is 1. The van der Waals surface area contributed by atoms with Gasteiger partial charge in [0.05, 0.1) is 29.8 Å². The summed E-state index contributed by atoms with van der Waals surface area (Å²) in [5, 5.41) is 7.19. The first kappa shape index (κ1) is 43.9. The summed E-state index contributed by atoms with van der Waals surface area (Å²) in [7, 11) is 2.60. The summed E-state index contributed by atoms with van der Waals surface area (Å²) in [6.45, 7) is 7.14. The number of hydroxylamine groups is 2. The van der Waals surface area contributed by atoms with Crippen molar-refractivity contribution in [1.82, 2.24) is 15.7 Å². The zero-order valence-electron chi connectivity index (χ0n) is 32.7. The van der Waals surface area contributed by atoms with Crippen LogP contribution in [0, 0.1) is 5.92 Å². The lowest BCUT2D eigenvalue weighted by atomic mass is 9.90. The third kappa shape index (κ3) is 12.6. The van der Waals surface area contributed by atoms with Crippen molar-refractivity contribution >= 4 is 51.0 Å². The van der Waals surface area contributed by atoms with Crippen LogP contribution in [0.1, 0.15) is 108 Å². The van der Waals surface area contributed by atoms with E-state index in [9.17, 15) is 28.8 Å². The summed E-state index contributed by atoms with van der Waals surface area (Å²) in [5.41, 5.74) is 2.60. The number of carbonyl (C=O) groups is 6. The number of hydrogen-bond donors (Lipinski definition) is 2. The van der Waals surface area contributed by atoms with E-state index in [1.165, 1.54) is 18.2 Å². The SMILES string of the molecule is CCCCCC(C(=O)NCNC(=O)c1ccc(-c2ccc(C=O)c(OCC(=O)OCc3ccccc3)c2)o1)C(CC)N(C=O)OC(=O)c1ccc(P)cc1C(C)C. The Hall–Kier alpha value is -5.81. The molecule has 57 heavy (non-hydrogen) atoms. The van der Waals surface area contributed by atoms with E-state index in [4.69, 9.17) is 18.7 Å². The van der Waals surface area contributed by atoms with Crippen molar-refractivity contribution in [2.75, 3.05) is 13.3 Å². The zero-order valence-corrected chi connectivity index (χ0v) is 33.8. The number of hydrogen-bond acceptors (Lipinski definition) is 10. The molecule has 0 aliphatic carbocycles. The minimum Gasteiger partial charge on any atom is -0.481 e. The van der Waals surface area contributed by atoms with E-state index < -0.39 is 42.3 Å². The Labute approximate surface area is 335 Å². The molecule has 0 saturated carbocycles. The summed E-state index contributed by atoms with van der Waals surface area (Å²) in [4.78, 5) is 82.0. The number of amides is 3. The van der Waals surface area contributed by atoms with Crippen LogP contribution in [0.3, 0.4) is 0 Å². The van der Waals surface area contributed by atoms with Gasteiger partial charge >= 0.3 is 11.9 Å². The van der Waals surface area contributed by atoms with Gasteiger partial charge in [0.1, 0.15) is 18.1 Å². The first-order chi connectivity index (χ1) is 27.5. The highest BCUT2D eigenvalue weighted by molar-refractivity contribution is 7.27. The number of carbonyl (C=O) groups excluding carboxylic acids is 6. The van der Waals surface area contributed by atoms with Crippen LogP contribution in [0.25, 0.3) is 11.3 Å². The van der Waals surface area contributed by atoms with Crippen molar-refractivity contribution in [2.24, 2.45) is 5.92 Å². The number of ether oxygens (including phenoxy) is 2. The predicted molar refractivity (Wildman–Crippen MR) is 217 cm³/mol. The fraction of sp³-hybridized carbons (Fsp3) is 0.349. The minimum absolute atomic E-state index is 0.0206. The molecular weight excluding hydrogens is 749 g/mol. The van der Waals surface area contributed by atoms with E-state index in [0.29, 0.717) is 43.1 Å². The van der Waals surface area contributed by atoms with Gasteiger partial charge in [0.25, 0.3) is 5.91 Å². The van der Waals surface area contributed by atoms with Gasteiger partial charge in [-0.2, -0.15) is 5.06 Å². The number of furan rings is 1. The molecule has 0 spiro atoms. The average Bonchev–Trinajstić information content (AvgIpc) is 3.72. The largest absolute Gasteiger partial charge is 0.481 e. The van der Waals surface area contributed by atoms with Gasteiger partial charge in [0.2, 0.25) is 12.3 Å². The maximum absolute atomic E-state index is 13.6. The Kier molecular flexibility index (Phi) is 17.0. The summed E-state index contributed by atoms with van der Waals surface area (Å²) in [5.74, 6) is -2.73. The van der Waals surface area contributed by atoms with Crippen LogP contribution in [-0.2, 0) is 30.6 Å². The molecule has 0 saturated heterocycles. The van der Waals surface area contributed by atoms with Crippen LogP contribution in [0.5, 0.6) is 5.75 Å². The molecule has 0 aliphatic rings. The van der Waals surface area contributed by atoms with Crippen molar-refractivity contribution in [3.05, 3.63) is 107 Å². The highest BCUT2D eigenvalue weighted by Gasteiger charge is 2.34. The molecular formula is C43H50N3O10P. The predicted octanol–water partition coefficient (Wildman–Crippen LogP) is 6.51. The van der Waals surface area contributed by atoms with Crippen molar-refractivity contribution in [3.8, 4) is 17.1 Å². The molecule has 302 valence electrons. The molecule has 2 N–H and O–H groups in total. The topological polar surface area (TPSA) is 171 Å². The van der Waals surface area contributed by atoms with Crippen LogP contribution in [0.4, 0.5) is 0 Å². The number of unbranched alkanes of at least 4 members (excludes halogenated alkanes) is 2. The van der Waals surface area contributed by atoms with Gasteiger partial charge in [0.15, 0.2) is 18.7 Å². The maximum Gasteiger partial charge on any atom is 0.363 e. The van der Waals surface area contributed by atoms with Crippen molar-refractivity contribution < 1.29 is 47.5 Å². The number of nitrogens with zero attached hydrogens (tertiary/aromatic N) is 1. The van der Waals surface area contributed by atoms with Crippen LogP contribution in [-0.4, -0.2) is 60.8 Å². The second kappa shape index (κ2) is 22.1. The molecule has 1 aromatic heterocycles. The van der Waals surface area contributed by atoms with Gasteiger partial charge in [-0.1, -0.05) is 95.5 Å². The summed E-state index contributed by atoms with van der Waals surface area (Å²) in [6.07, 6.45) is 4.20. The standard InChI is InChI=1S/C43H50N3O10P/c1-5-7-9-14-34(36(6-2)46(27-48)56-43(52)33-18-17-32(57)22-35(33)28(3)4)41(50)44-26-45-42(51)38-20-19-37(55-38)30-15-16-31(23-47)39(21-30)53-25-40(49)54-24-29-12-10-8-11-13-29/h8,10-13,15-23,27-28,34,36H,5-7,9,14,24-26,57H2,1-4H3,(H,44,50)(H,45,51). The second-order valence-corrected chi connectivity index (χ2v) is 14.3. The molecule has 4 aromatic rings. The second-order valence-electron chi connectivity index (χ2n) is 13.6. The Balaban J connectivity index is 1.37. The molecule has 0 bridgehead atoms. The molecule has 14 heteroatoms. The van der Waals surface area contributed by atoms with Gasteiger partial charge in [-0.05, 0) is 65.5 Å². The van der Waals surface area contributed by atoms with E-state index in [-0.39, 0.29) is 42.0 Å². The highest BCUT2D eigenvalue weighted by Crippen LogP contribution is 2.29. The van der Waals surface area contributed by atoms with Crippen LogP contribution < -0.4 is 20.7 Å². The number of rotatable bonds is 22. The highest BCUT2D eigenvalue weighted by atomic mass is 31.0. The molecule has 0 radical (unpaired) electrons. The Morgan fingerprint density at radius 2 is 1.68 bits per heavy atom. The smallest absolute Gasteiger partial charge is 0.363 e. The first-order valence-corrected chi connectivity index (χ1v) is 19.5. The number of benzene rings is 3. The van der Waals surface area contributed by atoms with Crippen LogP contribution in [0.15, 0.2) is 83.3 Å². The molecule has 0 fully saturated rings. The monoisotopic (exact) mass is 799 g/mol. The molecule has 1 heterocycles. The fourth-order valence-electron chi connectivity index (χ4n) is 6.18. The summed E-state index contributed by atoms with van der Waals surface area (Å²) >= 11 is 0. The van der Waals surface area contributed by atoms with E-state index >= 15 is 0 Å². The average molecular weight is 800 g/mol.